The third-order valence-corrected chi connectivity index (χ3v) is 21.6. The predicted octanol–water partition coefficient (Wildman–Crippen LogP) is 24.5. The number of fused-ring (bicyclic) bond motifs is 15. The molecule has 0 saturated carbocycles. The van der Waals surface area contributed by atoms with Crippen LogP contribution in [0.25, 0.3) is 174 Å². The minimum atomic E-state index is -0.103. The number of hydrogen-bond acceptors (Lipinski definition) is 12. The first-order valence-corrected chi connectivity index (χ1v) is 35.6. The Balaban J connectivity index is 0.000000109. The normalized spacial score (nSPS) is 12.3. The molecule has 6 aromatic heterocycles. The fourth-order valence-electron chi connectivity index (χ4n) is 13.9. The van der Waals surface area contributed by atoms with E-state index >= 15 is 0 Å². The molecule has 0 fully saturated rings. The van der Waals surface area contributed by atoms with Gasteiger partial charge in [-0.25, -0.2) is 15.0 Å². The number of halogens is 3. The van der Waals surface area contributed by atoms with Gasteiger partial charge in [-0.1, -0.05) is 238 Å². The van der Waals surface area contributed by atoms with Crippen molar-refractivity contribution in [1.82, 2.24) is 44.9 Å². The van der Waals surface area contributed by atoms with Crippen LogP contribution < -0.4 is 0 Å². The predicted molar refractivity (Wildman–Crippen MR) is 418 cm³/mol. The smallest absolute Gasteiger partial charge is 0.226 e. The van der Waals surface area contributed by atoms with E-state index in [9.17, 15) is 0 Å². The van der Waals surface area contributed by atoms with Crippen LogP contribution in [0.5, 0.6) is 0 Å². The van der Waals surface area contributed by atoms with Crippen LogP contribution in [0, 0.1) is 0 Å². The summed E-state index contributed by atoms with van der Waals surface area (Å²) >= 11 is 22.6. The average Bonchev–Trinajstić information content (AvgIpc) is 1.60. The summed E-state index contributed by atoms with van der Waals surface area (Å²) in [6, 6.07) is 96.1. The zero-order chi connectivity index (χ0) is 67.9. The van der Waals surface area contributed by atoms with Gasteiger partial charge in [0.05, 0.1) is 0 Å². The van der Waals surface area contributed by atoms with Gasteiger partial charge in [-0.3, -0.25) is 0 Å². The maximum atomic E-state index is 6.39. The summed E-state index contributed by atoms with van der Waals surface area (Å²) in [5, 5.41) is 12.5. The summed E-state index contributed by atoms with van der Waals surface area (Å²) in [6.07, 6.45) is 0. The molecule has 0 amide bonds. The van der Waals surface area contributed by atoms with Crippen LogP contribution in [-0.4, -0.2) is 44.9 Å². The van der Waals surface area contributed by atoms with Crippen molar-refractivity contribution in [2.24, 2.45) is 0 Å². The number of para-hydroxylation sites is 1. The molecule has 19 aromatic rings. The Labute approximate surface area is 602 Å². The lowest BCUT2D eigenvalue weighted by molar-refractivity contribution is 0.660. The zero-order valence-electron chi connectivity index (χ0n) is 53.9. The summed E-state index contributed by atoms with van der Waals surface area (Å²) < 4.78 is 11.0. The molecule has 1 aliphatic carbocycles. The number of nitrogens with zero attached hydrogens (tertiary/aromatic N) is 9. The number of benzene rings is 13. The minimum absolute atomic E-state index is 0.103. The van der Waals surface area contributed by atoms with Gasteiger partial charge in [-0.15, -0.1) is 22.7 Å². The van der Waals surface area contributed by atoms with Crippen molar-refractivity contribution in [2.45, 2.75) is 19.3 Å². The van der Waals surface area contributed by atoms with E-state index in [1.807, 2.05) is 66.7 Å². The third kappa shape index (κ3) is 11.6. The quantitative estimate of drug-likeness (QED) is 0.142. The molecular formula is C86H52Cl3N9OS2. The van der Waals surface area contributed by atoms with E-state index in [0.29, 0.717) is 34.9 Å². The largest absolute Gasteiger partial charge is 0.456 e. The first-order chi connectivity index (χ1) is 49.5. The molecular weight excluding hydrogens is 1350 g/mol. The van der Waals surface area contributed by atoms with Crippen LogP contribution in [-0.2, 0) is 5.41 Å². The highest BCUT2D eigenvalue weighted by Gasteiger charge is 2.35. The van der Waals surface area contributed by atoms with E-state index in [1.54, 1.807) is 22.7 Å². The molecule has 0 radical (unpaired) electrons. The highest BCUT2D eigenvalue weighted by atomic mass is 35.5. The van der Waals surface area contributed by atoms with Gasteiger partial charge in [0, 0.05) is 89.9 Å². The van der Waals surface area contributed by atoms with Crippen LogP contribution in [0.15, 0.2) is 283 Å². The summed E-state index contributed by atoms with van der Waals surface area (Å²) in [4.78, 5) is 40.9. The van der Waals surface area contributed by atoms with E-state index < -0.39 is 0 Å². The third-order valence-electron chi connectivity index (χ3n) is 18.8. The lowest BCUT2D eigenvalue weighted by Gasteiger charge is -2.21. The van der Waals surface area contributed by atoms with E-state index in [-0.39, 0.29) is 21.3 Å². The Bertz CT molecular complexity index is 6510. The standard InChI is InChI=1S/C30H20ClN3O.C29H16ClN3S.C27H16ClN3S/c1-30(2)23-9-5-3-7-19(23)20-13-11-17(15-24(20)30)27-32-28(34-29(31)33-27)18-12-14-22-21-8-4-6-10-25(21)35-26(22)16-18;30-29-32-27(19-11-13-22-18(15-19)10-9-17-5-1-2-6-21(17)22)31-28(33-29)20-12-14-24-23-7-3-4-8-25(23)34-26(24)16-20;28-27-30-25(19-12-10-18(11-13-19)17-6-2-1-3-7-17)29-26(31-27)20-14-15-22-21-8-4-5-9-23(21)32-24(22)16-20/h3-16H,1-2H3;1-16H;1-16H. The van der Waals surface area contributed by atoms with Gasteiger partial charge in [0.2, 0.25) is 15.9 Å². The molecule has 6 heterocycles. The van der Waals surface area contributed by atoms with Crippen LogP contribution in [0.2, 0.25) is 15.9 Å². The van der Waals surface area contributed by atoms with Crippen LogP contribution in [0.3, 0.4) is 0 Å². The second kappa shape index (κ2) is 25.4. The first-order valence-electron chi connectivity index (χ1n) is 32.8. The first kappa shape index (κ1) is 61.8. The van der Waals surface area contributed by atoms with Crippen molar-refractivity contribution in [2.75, 3.05) is 0 Å². The van der Waals surface area contributed by atoms with Gasteiger partial charge in [0.25, 0.3) is 0 Å². The zero-order valence-corrected chi connectivity index (χ0v) is 57.8. The van der Waals surface area contributed by atoms with Crippen molar-refractivity contribution in [1.29, 1.82) is 0 Å². The van der Waals surface area contributed by atoms with Crippen LogP contribution >= 0.6 is 57.5 Å². The second-order valence-corrected chi connectivity index (χ2v) is 28.5. The Hall–Kier alpha value is -11.5. The highest BCUT2D eigenvalue weighted by molar-refractivity contribution is 7.26. The molecule has 10 nitrogen and oxygen atoms in total. The molecule has 101 heavy (non-hydrogen) atoms. The van der Waals surface area contributed by atoms with Gasteiger partial charge >= 0.3 is 0 Å². The molecule has 0 spiro atoms. The van der Waals surface area contributed by atoms with Crippen molar-refractivity contribution < 1.29 is 4.42 Å². The minimum Gasteiger partial charge on any atom is -0.456 e. The molecule has 0 saturated heterocycles. The molecule has 0 unspecified atom stereocenters. The van der Waals surface area contributed by atoms with Crippen LogP contribution in [0.4, 0.5) is 0 Å². The van der Waals surface area contributed by atoms with Gasteiger partial charge in [0.1, 0.15) is 11.2 Å². The topological polar surface area (TPSA) is 129 Å². The van der Waals surface area contributed by atoms with Crippen molar-refractivity contribution in [3.05, 3.63) is 306 Å². The van der Waals surface area contributed by atoms with E-state index in [0.717, 1.165) is 66.3 Å². The SMILES string of the molecule is CC1(C)c2ccccc2-c2ccc(-c3nc(Cl)nc(-c4ccc5c(c4)oc4ccccc45)n3)cc21.Clc1nc(-c2ccc(-c3ccccc3)cc2)nc(-c2ccc3c(c2)sc2ccccc23)n1.Clc1nc(-c2ccc3c(ccc4ccccc43)c2)nc(-c2ccc3c(c2)sc2ccccc23)n1. The lowest BCUT2D eigenvalue weighted by Crippen LogP contribution is -2.15. The fraction of sp³-hybridized carbons (Fsp3) is 0.0349. The molecule has 0 N–H and O–H groups in total. The summed E-state index contributed by atoms with van der Waals surface area (Å²) in [6.45, 7) is 4.52. The van der Waals surface area contributed by atoms with Crippen molar-refractivity contribution >= 4 is 141 Å². The Morgan fingerprint density at radius 2 is 0.644 bits per heavy atom. The number of hydrogen-bond donors (Lipinski definition) is 0. The lowest BCUT2D eigenvalue weighted by atomic mass is 9.82. The summed E-state index contributed by atoms with van der Waals surface area (Å²) in [5.74, 6) is 3.36. The Morgan fingerprint density at radius 1 is 0.257 bits per heavy atom. The maximum Gasteiger partial charge on any atom is 0.226 e. The molecule has 15 heteroatoms. The molecule has 0 aliphatic heterocycles. The number of aromatic nitrogens is 9. The summed E-state index contributed by atoms with van der Waals surface area (Å²) in [7, 11) is 0. The fourth-order valence-corrected chi connectivity index (χ4v) is 16.6. The number of thiophene rings is 2. The van der Waals surface area contributed by atoms with Gasteiger partial charge < -0.3 is 4.42 Å². The van der Waals surface area contributed by atoms with Crippen molar-refractivity contribution in [3.63, 3.8) is 0 Å². The Kier molecular flexibility index (Phi) is 15.5. The average molecular weight is 1400 g/mol. The molecule has 0 bridgehead atoms. The highest BCUT2D eigenvalue weighted by Crippen LogP contribution is 2.50. The number of rotatable bonds is 7. The van der Waals surface area contributed by atoms with Gasteiger partial charge in [-0.2, -0.15) is 29.9 Å². The summed E-state index contributed by atoms with van der Waals surface area (Å²) in [5.41, 5.74) is 14.4. The van der Waals surface area contributed by atoms with E-state index in [1.165, 1.54) is 84.3 Å². The molecule has 480 valence electrons. The van der Waals surface area contributed by atoms with Crippen LogP contribution in [0.1, 0.15) is 25.0 Å². The van der Waals surface area contributed by atoms with Gasteiger partial charge in [0.15, 0.2) is 34.9 Å². The van der Waals surface area contributed by atoms with Crippen molar-refractivity contribution in [3.8, 4) is 90.6 Å². The molecule has 20 rings (SSSR count). The second-order valence-electron chi connectivity index (χ2n) is 25.3. The Morgan fingerprint density at radius 3 is 1.26 bits per heavy atom. The molecule has 0 atom stereocenters. The van der Waals surface area contributed by atoms with E-state index in [2.05, 4.69) is 256 Å². The van der Waals surface area contributed by atoms with Gasteiger partial charge in [-0.05, 0) is 144 Å². The number of furan rings is 1. The monoisotopic (exact) mass is 1400 g/mol. The maximum absolute atomic E-state index is 6.39. The molecule has 13 aromatic carbocycles. The molecule has 1 aliphatic rings. The van der Waals surface area contributed by atoms with E-state index in [4.69, 9.17) is 54.2 Å².